The fraction of sp³-hybridized carbons (Fsp3) is 0.333. The lowest BCUT2D eigenvalue weighted by Crippen LogP contribution is -2.37. The summed E-state index contributed by atoms with van der Waals surface area (Å²) in [6.07, 6.45) is 3.57. The average Bonchev–Trinajstić information content (AvgIpc) is 3.59. The first-order valence-corrected chi connectivity index (χ1v) is 12.6. The zero-order valence-electron chi connectivity index (χ0n) is 19.8. The summed E-state index contributed by atoms with van der Waals surface area (Å²) in [7, 11) is -1.80. The van der Waals surface area contributed by atoms with Gasteiger partial charge in [0.05, 0.1) is 7.11 Å². The molecule has 0 aliphatic heterocycles. The molecule has 0 unspecified atom stereocenters. The predicted octanol–water partition coefficient (Wildman–Crippen LogP) is 3.98. The number of rotatable bonds is 10. The summed E-state index contributed by atoms with van der Waals surface area (Å²) >= 11 is 0. The molecule has 1 saturated carbocycles. The van der Waals surface area contributed by atoms with Crippen LogP contribution in [0.15, 0.2) is 42.6 Å². The summed E-state index contributed by atoms with van der Waals surface area (Å²) in [6.45, 7) is 6.16. The predicted molar refractivity (Wildman–Crippen MR) is 134 cm³/mol. The average molecular weight is 483 g/mol. The van der Waals surface area contributed by atoms with Crippen molar-refractivity contribution in [3.63, 3.8) is 0 Å². The zero-order valence-corrected chi connectivity index (χ0v) is 20.6. The Bertz CT molecular complexity index is 1250. The van der Waals surface area contributed by atoms with Crippen LogP contribution in [0.1, 0.15) is 35.1 Å². The SMILES string of the molecule is COc1c(C)cc(Nc2ncc(C)c(Nc3ccc(CNS(=O)(=O)NC4CC4)cc3)n2)cc1C. The van der Waals surface area contributed by atoms with Crippen LogP contribution < -0.4 is 24.8 Å². The molecule has 34 heavy (non-hydrogen) atoms. The van der Waals surface area contributed by atoms with Crippen LogP contribution in [-0.2, 0) is 16.8 Å². The number of ether oxygens (including phenoxy) is 1. The first kappa shape index (κ1) is 23.9. The van der Waals surface area contributed by atoms with Crippen molar-refractivity contribution < 1.29 is 13.2 Å². The molecule has 1 aromatic heterocycles. The third-order valence-electron chi connectivity index (χ3n) is 5.47. The third kappa shape index (κ3) is 6.22. The van der Waals surface area contributed by atoms with Gasteiger partial charge in [-0.15, -0.1) is 0 Å². The van der Waals surface area contributed by atoms with E-state index in [1.807, 2.05) is 57.2 Å². The normalized spacial score (nSPS) is 13.5. The minimum atomic E-state index is -3.47. The molecule has 0 bridgehead atoms. The van der Waals surface area contributed by atoms with E-state index in [1.54, 1.807) is 13.3 Å². The van der Waals surface area contributed by atoms with Gasteiger partial charge in [-0.2, -0.15) is 22.8 Å². The molecule has 4 N–H and O–H groups in total. The molecule has 180 valence electrons. The largest absolute Gasteiger partial charge is 0.496 e. The minimum absolute atomic E-state index is 0.0809. The van der Waals surface area contributed by atoms with Gasteiger partial charge in [0.15, 0.2) is 0 Å². The third-order valence-corrected chi connectivity index (χ3v) is 6.64. The highest BCUT2D eigenvalue weighted by atomic mass is 32.2. The lowest BCUT2D eigenvalue weighted by Gasteiger charge is -2.14. The minimum Gasteiger partial charge on any atom is -0.496 e. The summed E-state index contributed by atoms with van der Waals surface area (Å²) in [4.78, 5) is 9.02. The first-order valence-electron chi connectivity index (χ1n) is 11.1. The Morgan fingerprint density at radius 2 is 1.65 bits per heavy atom. The lowest BCUT2D eigenvalue weighted by molar-refractivity contribution is 0.408. The van der Waals surface area contributed by atoms with Gasteiger partial charge in [-0.1, -0.05) is 12.1 Å². The second-order valence-electron chi connectivity index (χ2n) is 8.53. The molecular weight excluding hydrogens is 452 g/mol. The number of hydrogen-bond donors (Lipinski definition) is 4. The van der Waals surface area contributed by atoms with Crippen LogP contribution in [0.2, 0.25) is 0 Å². The Morgan fingerprint density at radius 3 is 2.26 bits per heavy atom. The second-order valence-corrected chi connectivity index (χ2v) is 10.1. The summed E-state index contributed by atoms with van der Waals surface area (Å²) in [5.41, 5.74) is 5.54. The molecule has 4 rings (SSSR count). The van der Waals surface area contributed by atoms with Gasteiger partial charge in [0.25, 0.3) is 10.2 Å². The van der Waals surface area contributed by atoms with Gasteiger partial charge in [-0.25, -0.2) is 4.98 Å². The monoisotopic (exact) mass is 482 g/mol. The molecular formula is C24H30N6O3S. The number of aryl methyl sites for hydroxylation is 3. The first-order chi connectivity index (χ1) is 16.2. The van der Waals surface area contributed by atoms with E-state index in [2.05, 4.69) is 30.0 Å². The molecule has 9 nitrogen and oxygen atoms in total. The molecule has 0 spiro atoms. The Kier molecular flexibility index (Phi) is 7.01. The molecule has 2 aromatic carbocycles. The molecule has 0 saturated heterocycles. The van der Waals surface area contributed by atoms with Crippen molar-refractivity contribution in [2.45, 2.75) is 46.2 Å². The van der Waals surface area contributed by atoms with Crippen molar-refractivity contribution in [2.24, 2.45) is 0 Å². The molecule has 10 heteroatoms. The van der Waals surface area contributed by atoms with E-state index in [1.165, 1.54) is 0 Å². The zero-order chi connectivity index (χ0) is 24.3. The van der Waals surface area contributed by atoms with E-state index >= 15 is 0 Å². The molecule has 1 aliphatic rings. The van der Waals surface area contributed by atoms with E-state index < -0.39 is 10.2 Å². The van der Waals surface area contributed by atoms with Gasteiger partial charge in [0, 0.05) is 35.7 Å². The number of aromatic nitrogens is 2. The van der Waals surface area contributed by atoms with Crippen LogP contribution in [0.4, 0.5) is 23.1 Å². The highest BCUT2D eigenvalue weighted by molar-refractivity contribution is 7.87. The van der Waals surface area contributed by atoms with Crippen molar-refractivity contribution in [3.8, 4) is 5.75 Å². The quantitative estimate of drug-likeness (QED) is 0.345. The van der Waals surface area contributed by atoms with Crippen molar-refractivity contribution in [3.05, 3.63) is 64.8 Å². The number of hydrogen-bond acceptors (Lipinski definition) is 7. The summed E-state index contributed by atoms with van der Waals surface area (Å²) < 4.78 is 34.6. The lowest BCUT2D eigenvalue weighted by atomic mass is 10.1. The highest BCUT2D eigenvalue weighted by Crippen LogP contribution is 2.28. The topological polar surface area (TPSA) is 117 Å². The molecule has 0 amide bonds. The van der Waals surface area contributed by atoms with E-state index in [0.717, 1.165) is 52.2 Å². The maximum Gasteiger partial charge on any atom is 0.277 e. The van der Waals surface area contributed by atoms with E-state index in [0.29, 0.717) is 11.8 Å². The van der Waals surface area contributed by atoms with Crippen LogP contribution >= 0.6 is 0 Å². The fourth-order valence-corrected chi connectivity index (χ4v) is 4.70. The van der Waals surface area contributed by atoms with Crippen LogP contribution in [0.5, 0.6) is 5.75 Å². The van der Waals surface area contributed by atoms with Gasteiger partial charge < -0.3 is 15.4 Å². The van der Waals surface area contributed by atoms with Crippen molar-refractivity contribution in [2.75, 3.05) is 17.7 Å². The number of nitrogens with zero attached hydrogens (tertiary/aromatic N) is 2. The number of benzene rings is 2. The molecule has 0 radical (unpaired) electrons. The number of anilines is 4. The smallest absolute Gasteiger partial charge is 0.277 e. The Balaban J connectivity index is 1.41. The van der Waals surface area contributed by atoms with Crippen molar-refractivity contribution in [1.82, 2.24) is 19.4 Å². The maximum atomic E-state index is 12.0. The fourth-order valence-electron chi connectivity index (χ4n) is 3.59. The summed E-state index contributed by atoms with van der Waals surface area (Å²) in [6, 6.07) is 11.6. The van der Waals surface area contributed by atoms with Crippen molar-refractivity contribution >= 4 is 33.4 Å². The van der Waals surface area contributed by atoms with Gasteiger partial charge in [-0.05, 0) is 74.6 Å². The van der Waals surface area contributed by atoms with Crippen LogP contribution in [0.3, 0.4) is 0 Å². The van der Waals surface area contributed by atoms with Crippen LogP contribution in [0, 0.1) is 20.8 Å². The van der Waals surface area contributed by atoms with Gasteiger partial charge in [0.2, 0.25) is 5.95 Å². The van der Waals surface area contributed by atoms with Gasteiger partial charge in [-0.3, -0.25) is 0 Å². The van der Waals surface area contributed by atoms with Gasteiger partial charge >= 0.3 is 0 Å². The van der Waals surface area contributed by atoms with E-state index in [-0.39, 0.29) is 12.6 Å². The second kappa shape index (κ2) is 9.96. The Hall–Kier alpha value is -3.21. The van der Waals surface area contributed by atoms with E-state index in [4.69, 9.17) is 4.74 Å². The standard InChI is InChI=1S/C24H30N6O3S/c1-15-11-21(12-16(2)22(15)33-4)28-24-25-13-17(3)23(29-24)27-19-7-5-18(6-8-19)14-26-34(31,32)30-20-9-10-20/h5-8,11-13,20,26,30H,9-10,14H2,1-4H3,(H2,25,27,28,29). The highest BCUT2D eigenvalue weighted by Gasteiger charge is 2.26. The maximum absolute atomic E-state index is 12.0. The van der Waals surface area contributed by atoms with Crippen LogP contribution in [0.25, 0.3) is 0 Å². The molecule has 1 fully saturated rings. The Labute approximate surface area is 200 Å². The molecule has 0 atom stereocenters. The molecule has 3 aromatic rings. The number of nitrogens with one attached hydrogen (secondary N) is 4. The summed E-state index contributed by atoms with van der Waals surface area (Å²) in [5, 5.41) is 6.57. The van der Waals surface area contributed by atoms with Gasteiger partial charge in [0.1, 0.15) is 11.6 Å². The van der Waals surface area contributed by atoms with Crippen molar-refractivity contribution in [1.29, 1.82) is 0 Å². The summed E-state index contributed by atoms with van der Waals surface area (Å²) in [5.74, 6) is 2.03. The Morgan fingerprint density at radius 1 is 0.971 bits per heavy atom. The number of methoxy groups -OCH3 is 1. The van der Waals surface area contributed by atoms with E-state index in [9.17, 15) is 8.42 Å². The molecule has 1 aliphatic carbocycles. The molecule has 1 heterocycles. The van der Waals surface area contributed by atoms with Crippen LogP contribution in [-0.4, -0.2) is 31.5 Å².